The maximum absolute atomic E-state index is 14.1. The Hall–Kier alpha value is -2.58. The van der Waals surface area contributed by atoms with Crippen molar-refractivity contribution in [2.24, 2.45) is 0 Å². The molecule has 1 aromatic carbocycles. The summed E-state index contributed by atoms with van der Waals surface area (Å²) in [5.41, 5.74) is 0.989. The second-order valence-electron chi connectivity index (χ2n) is 7.12. The third kappa shape index (κ3) is 3.57. The van der Waals surface area contributed by atoms with Crippen LogP contribution in [0.25, 0.3) is 10.2 Å². The van der Waals surface area contributed by atoms with Gasteiger partial charge in [0.25, 0.3) is 5.56 Å². The summed E-state index contributed by atoms with van der Waals surface area (Å²) in [4.78, 5) is 34.1. The van der Waals surface area contributed by atoms with E-state index in [0.717, 1.165) is 12.8 Å². The van der Waals surface area contributed by atoms with E-state index in [0.29, 0.717) is 51.2 Å². The van der Waals surface area contributed by atoms with Crippen LogP contribution < -0.4 is 10.5 Å². The first-order valence-electron chi connectivity index (χ1n) is 9.16. The molecule has 0 amide bonds. The second kappa shape index (κ2) is 7.44. The molecule has 0 saturated heterocycles. The van der Waals surface area contributed by atoms with Gasteiger partial charge in [0.05, 0.1) is 18.5 Å². The van der Waals surface area contributed by atoms with E-state index in [1.807, 2.05) is 6.07 Å². The van der Waals surface area contributed by atoms with Crippen molar-refractivity contribution >= 4 is 27.5 Å². The molecular weight excluding hydrogens is 381 g/mol. The molecule has 6 nitrogen and oxygen atoms in total. The Kier molecular flexibility index (Phi) is 4.99. The lowest BCUT2D eigenvalue weighted by molar-refractivity contribution is -0.939. The van der Waals surface area contributed by atoms with Crippen LogP contribution in [0.4, 0.5) is 4.39 Å². The summed E-state index contributed by atoms with van der Waals surface area (Å²) in [6, 6.07) is 7.21. The number of benzene rings is 1. The fraction of sp³-hybridized carbons (Fsp3) is 0.350. The first-order valence-corrected chi connectivity index (χ1v) is 9.98. The summed E-state index contributed by atoms with van der Waals surface area (Å²) >= 11 is 1.17. The van der Waals surface area contributed by atoms with E-state index in [4.69, 9.17) is 4.74 Å². The van der Waals surface area contributed by atoms with E-state index < -0.39 is 5.97 Å². The Morgan fingerprint density at radius 2 is 2.11 bits per heavy atom. The van der Waals surface area contributed by atoms with Crippen molar-refractivity contribution in [3.05, 3.63) is 62.3 Å². The van der Waals surface area contributed by atoms with Gasteiger partial charge in [-0.05, 0) is 18.6 Å². The summed E-state index contributed by atoms with van der Waals surface area (Å²) in [5.74, 6) is -0.131. The van der Waals surface area contributed by atoms with Crippen molar-refractivity contribution in [2.75, 3.05) is 7.11 Å². The number of methoxy groups -OCH3 is 1. The smallest absolute Gasteiger partial charge is 0.348 e. The Labute approximate surface area is 165 Å². The van der Waals surface area contributed by atoms with Crippen molar-refractivity contribution in [3.8, 4) is 0 Å². The number of quaternary nitrogens is 1. The third-order valence-corrected chi connectivity index (χ3v) is 6.31. The highest BCUT2D eigenvalue weighted by molar-refractivity contribution is 7.20. The van der Waals surface area contributed by atoms with Crippen LogP contribution in [-0.2, 0) is 17.8 Å². The number of halogens is 1. The largest absolute Gasteiger partial charge is 0.465 e. The number of fused-ring (bicyclic) bond motifs is 1. The van der Waals surface area contributed by atoms with Gasteiger partial charge in [-0.3, -0.25) is 4.79 Å². The predicted octanol–water partition coefficient (Wildman–Crippen LogP) is 1.97. The summed E-state index contributed by atoms with van der Waals surface area (Å²) in [6.45, 7) is 2.76. The van der Waals surface area contributed by atoms with E-state index in [2.05, 4.69) is 9.97 Å². The van der Waals surface area contributed by atoms with Crippen molar-refractivity contribution in [3.63, 3.8) is 0 Å². The predicted molar refractivity (Wildman–Crippen MR) is 104 cm³/mol. The number of aromatic nitrogens is 2. The zero-order valence-electron chi connectivity index (χ0n) is 15.7. The second-order valence-corrected chi connectivity index (χ2v) is 8.12. The summed E-state index contributed by atoms with van der Waals surface area (Å²) in [7, 11) is 1.31. The molecule has 0 spiro atoms. The normalized spacial score (nSPS) is 15.0. The van der Waals surface area contributed by atoms with Crippen LogP contribution in [0.5, 0.6) is 0 Å². The molecular formula is C20H21FN3O3S+. The van der Waals surface area contributed by atoms with Crippen LogP contribution in [0.15, 0.2) is 29.1 Å². The van der Waals surface area contributed by atoms with Gasteiger partial charge in [0, 0.05) is 18.4 Å². The highest BCUT2D eigenvalue weighted by Gasteiger charge is 2.34. The molecule has 1 aliphatic rings. The molecule has 2 aromatic heterocycles. The average Bonchev–Trinajstić information content (AvgIpc) is 3.46. The van der Waals surface area contributed by atoms with Gasteiger partial charge in [0.15, 0.2) is 5.82 Å². The number of carbonyl (C=O) groups is 1. The minimum atomic E-state index is -0.466. The molecule has 1 aliphatic carbocycles. The molecule has 1 fully saturated rings. The van der Waals surface area contributed by atoms with E-state index in [9.17, 15) is 14.0 Å². The zero-order chi connectivity index (χ0) is 19.8. The van der Waals surface area contributed by atoms with Crippen molar-refractivity contribution in [1.82, 2.24) is 9.97 Å². The number of hydrogen-bond acceptors (Lipinski definition) is 5. The highest BCUT2D eigenvalue weighted by Crippen LogP contribution is 2.27. The number of H-pyrrole nitrogens is 1. The van der Waals surface area contributed by atoms with Gasteiger partial charge in [-0.25, -0.2) is 14.2 Å². The summed E-state index contributed by atoms with van der Waals surface area (Å²) in [6.07, 6.45) is 2.17. The summed E-state index contributed by atoms with van der Waals surface area (Å²) < 4.78 is 18.9. The van der Waals surface area contributed by atoms with Gasteiger partial charge in [-0.15, -0.1) is 11.3 Å². The number of aromatic amines is 1. The van der Waals surface area contributed by atoms with Gasteiger partial charge in [0.1, 0.15) is 28.6 Å². The third-order valence-electron chi connectivity index (χ3n) is 5.14. The maximum atomic E-state index is 14.1. The van der Waals surface area contributed by atoms with Crippen LogP contribution in [0.3, 0.4) is 0 Å². The SMILES string of the molecule is COC(=O)c1sc2nc(C[NH+](Cc3ccccc3F)C3CC3)[nH]c(=O)c2c1C. The fourth-order valence-electron chi connectivity index (χ4n) is 3.50. The minimum absolute atomic E-state index is 0.214. The Morgan fingerprint density at radius 1 is 1.36 bits per heavy atom. The lowest BCUT2D eigenvalue weighted by Gasteiger charge is -2.19. The highest BCUT2D eigenvalue weighted by atomic mass is 32.1. The van der Waals surface area contributed by atoms with E-state index in [1.165, 1.54) is 29.4 Å². The number of thiophene rings is 1. The van der Waals surface area contributed by atoms with Crippen LogP contribution in [0.2, 0.25) is 0 Å². The Morgan fingerprint density at radius 3 is 2.79 bits per heavy atom. The van der Waals surface area contributed by atoms with E-state index in [-0.39, 0.29) is 11.4 Å². The molecule has 2 N–H and O–H groups in total. The molecule has 2 heterocycles. The zero-order valence-corrected chi connectivity index (χ0v) is 16.5. The Bertz CT molecular complexity index is 1100. The molecule has 1 atom stereocenters. The van der Waals surface area contributed by atoms with Crippen LogP contribution in [-0.4, -0.2) is 29.1 Å². The van der Waals surface area contributed by atoms with E-state index >= 15 is 0 Å². The number of hydrogen-bond donors (Lipinski definition) is 2. The topological polar surface area (TPSA) is 76.5 Å². The number of nitrogens with zero attached hydrogens (tertiary/aromatic N) is 1. The van der Waals surface area contributed by atoms with Gasteiger partial charge in [-0.2, -0.15) is 0 Å². The molecule has 28 heavy (non-hydrogen) atoms. The number of nitrogens with one attached hydrogen (secondary N) is 2. The lowest BCUT2D eigenvalue weighted by Crippen LogP contribution is -3.10. The minimum Gasteiger partial charge on any atom is -0.465 e. The first kappa shape index (κ1) is 18.8. The molecule has 0 bridgehead atoms. The van der Waals surface area contributed by atoms with Gasteiger partial charge >= 0.3 is 5.97 Å². The first-order chi connectivity index (χ1) is 13.5. The number of carbonyl (C=O) groups excluding carboxylic acids is 1. The van der Waals surface area contributed by atoms with Crippen LogP contribution >= 0.6 is 11.3 Å². The molecule has 0 aliphatic heterocycles. The van der Waals surface area contributed by atoms with Gasteiger partial charge in [-0.1, -0.05) is 18.2 Å². The monoisotopic (exact) mass is 402 g/mol. The van der Waals surface area contributed by atoms with Crippen molar-refractivity contribution in [1.29, 1.82) is 0 Å². The number of esters is 1. The maximum Gasteiger partial charge on any atom is 0.348 e. The molecule has 8 heteroatoms. The Balaban J connectivity index is 1.65. The van der Waals surface area contributed by atoms with E-state index in [1.54, 1.807) is 19.1 Å². The molecule has 146 valence electrons. The van der Waals surface area contributed by atoms with Gasteiger partial charge < -0.3 is 14.6 Å². The fourth-order valence-corrected chi connectivity index (χ4v) is 4.62. The average molecular weight is 402 g/mol. The standard InChI is InChI=1S/C20H20FN3O3S/c1-11-16-18(25)22-15(23-19(16)28-17(11)20(26)27-2)10-24(13-7-8-13)9-12-5-3-4-6-14(12)21/h3-6,13H,7-10H2,1-2H3,(H,22,23,25)/p+1. The lowest BCUT2D eigenvalue weighted by atomic mass is 10.2. The molecule has 1 unspecified atom stereocenters. The summed E-state index contributed by atoms with van der Waals surface area (Å²) in [5, 5.41) is 0.427. The van der Waals surface area contributed by atoms with Crippen LogP contribution in [0.1, 0.15) is 39.5 Å². The number of ether oxygens (including phenoxy) is 1. The molecule has 3 aromatic rings. The molecule has 4 rings (SSSR count). The quantitative estimate of drug-likeness (QED) is 0.618. The number of rotatable bonds is 6. The van der Waals surface area contributed by atoms with Crippen LogP contribution in [0, 0.1) is 12.7 Å². The van der Waals surface area contributed by atoms with Crippen molar-refractivity contribution < 1.29 is 18.8 Å². The van der Waals surface area contributed by atoms with Gasteiger partial charge in [0.2, 0.25) is 0 Å². The number of aryl methyl sites for hydroxylation is 1. The molecule has 1 saturated carbocycles. The molecule has 0 radical (unpaired) electrons. The van der Waals surface area contributed by atoms with Crippen molar-refractivity contribution in [2.45, 2.75) is 38.9 Å².